The highest BCUT2D eigenvalue weighted by atomic mass is 32.2. The van der Waals surface area contributed by atoms with Crippen LogP contribution in [0, 0.1) is 5.82 Å². The van der Waals surface area contributed by atoms with Crippen LogP contribution in [0.2, 0.25) is 0 Å². The van der Waals surface area contributed by atoms with Crippen LogP contribution in [-0.2, 0) is 32.6 Å². The fourth-order valence-corrected chi connectivity index (χ4v) is 4.78. The first-order valence-corrected chi connectivity index (χ1v) is 12.0. The predicted molar refractivity (Wildman–Crippen MR) is 118 cm³/mol. The molecule has 1 heterocycles. The van der Waals surface area contributed by atoms with E-state index in [-0.39, 0.29) is 12.2 Å². The summed E-state index contributed by atoms with van der Waals surface area (Å²) >= 11 is 0. The van der Waals surface area contributed by atoms with E-state index in [4.69, 9.17) is 4.74 Å². The Balaban J connectivity index is 1.66. The van der Waals surface area contributed by atoms with Gasteiger partial charge in [0.15, 0.2) is 0 Å². The summed E-state index contributed by atoms with van der Waals surface area (Å²) in [6.45, 7) is 5.72. The highest BCUT2D eigenvalue weighted by Gasteiger charge is 2.30. The van der Waals surface area contributed by atoms with E-state index in [1.165, 1.54) is 25.1 Å². The van der Waals surface area contributed by atoms with E-state index in [1.807, 2.05) is 24.3 Å². The zero-order valence-corrected chi connectivity index (χ0v) is 18.6. The average Bonchev–Trinajstić information content (AvgIpc) is 2.73. The molecule has 1 aliphatic rings. The Morgan fingerprint density at radius 3 is 2.52 bits per heavy atom. The lowest BCUT2D eigenvalue weighted by atomic mass is 10.1. The lowest BCUT2D eigenvalue weighted by Gasteiger charge is -2.28. The fraction of sp³-hybridized carbons (Fsp3) is 0.409. The quantitative estimate of drug-likeness (QED) is 0.668. The molecule has 31 heavy (non-hydrogen) atoms. The molecule has 0 bridgehead atoms. The molecule has 0 unspecified atom stereocenters. The van der Waals surface area contributed by atoms with Gasteiger partial charge in [-0.25, -0.2) is 12.8 Å². The van der Waals surface area contributed by atoms with Crippen molar-refractivity contribution < 1.29 is 22.3 Å². The molecule has 1 saturated heterocycles. The number of carbonyl (C=O) groups is 1. The molecule has 0 radical (unpaired) electrons. The number of sulfonamides is 1. The number of ether oxygens (including phenoxy) is 1. The van der Waals surface area contributed by atoms with Crippen molar-refractivity contribution in [1.29, 1.82) is 0 Å². The first-order chi connectivity index (χ1) is 14.8. The molecule has 3 rings (SSSR count). The Hall–Kier alpha value is -2.49. The number of nitrogens with zero attached hydrogens (tertiary/aromatic N) is 2. The number of hydrogen-bond acceptors (Lipinski definition) is 5. The van der Waals surface area contributed by atoms with Gasteiger partial charge in [-0.1, -0.05) is 36.4 Å². The fourth-order valence-electron chi connectivity index (χ4n) is 3.60. The van der Waals surface area contributed by atoms with Crippen LogP contribution in [0.5, 0.6) is 0 Å². The first-order valence-electron chi connectivity index (χ1n) is 10.2. The Morgan fingerprint density at radius 1 is 1.16 bits per heavy atom. The van der Waals surface area contributed by atoms with Gasteiger partial charge < -0.3 is 10.1 Å². The van der Waals surface area contributed by atoms with Crippen LogP contribution in [0.1, 0.15) is 18.1 Å². The van der Waals surface area contributed by atoms with E-state index in [0.717, 1.165) is 60.6 Å². The number of halogens is 1. The zero-order valence-electron chi connectivity index (χ0n) is 17.8. The van der Waals surface area contributed by atoms with Crippen LogP contribution in [0.4, 0.5) is 10.1 Å². The third-order valence-electron chi connectivity index (χ3n) is 5.15. The number of rotatable bonds is 8. The maximum atomic E-state index is 14.2. The molecule has 0 aromatic heterocycles. The summed E-state index contributed by atoms with van der Waals surface area (Å²) in [5.41, 5.74) is 1.88. The Kier molecular flexibility index (Phi) is 7.64. The molecule has 2 aromatic rings. The summed E-state index contributed by atoms with van der Waals surface area (Å²) < 4.78 is 45.0. The van der Waals surface area contributed by atoms with Crippen molar-refractivity contribution >= 4 is 21.6 Å². The van der Waals surface area contributed by atoms with Gasteiger partial charge in [-0.05, 0) is 30.2 Å². The minimum atomic E-state index is -3.87. The number of benzene rings is 2. The molecule has 0 aliphatic carbocycles. The van der Waals surface area contributed by atoms with E-state index in [9.17, 15) is 17.6 Å². The van der Waals surface area contributed by atoms with Gasteiger partial charge in [0, 0.05) is 26.2 Å². The van der Waals surface area contributed by atoms with Crippen molar-refractivity contribution in [2.45, 2.75) is 26.1 Å². The Morgan fingerprint density at radius 2 is 1.84 bits per heavy atom. The smallest absolute Gasteiger partial charge is 0.243 e. The van der Waals surface area contributed by atoms with Gasteiger partial charge in [0.2, 0.25) is 15.9 Å². The maximum Gasteiger partial charge on any atom is 0.243 e. The van der Waals surface area contributed by atoms with Gasteiger partial charge in [0.05, 0.1) is 25.2 Å². The van der Waals surface area contributed by atoms with Crippen molar-refractivity contribution in [3.63, 3.8) is 0 Å². The second-order valence-electron chi connectivity index (χ2n) is 7.61. The maximum absolute atomic E-state index is 14.2. The Labute approximate surface area is 182 Å². The number of amides is 1. The van der Waals surface area contributed by atoms with E-state index in [1.54, 1.807) is 0 Å². The second-order valence-corrected chi connectivity index (χ2v) is 9.47. The molecular weight excluding hydrogens is 421 g/mol. The van der Waals surface area contributed by atoms with Crippen LogP contribution in [0.25, 0.3) is 0 Å². The molecular formula is C22H28FN3O4S. The van der Waals surface area contributed by atoms with Crippen molar-refractivity contribution in [2.24, 2.45) is 0 Å². The van der Waals surface area contributed by atoms with Gasteiger partial charge in [-0.15, -0.1) is 0 Å². The monoisotopic (exact) mass is 449 g/mol. The van der Waals surface area contributed by atoms with E-state index < -0.39 is 27.8 Å². The summed E-state index contributed by atoms with van der Waals surface area (Å²) in [4.78, 5) is 15.0. The van der Waals surface area contributed by atoms with E-state index >= 15 is 0 Å². The van der Waals surface area contributed by atoms with Gasteiger partial charge in [0.1, 0.15) is 11.9 Å². The van der Waals surface area contributed by atoms with Gasteiger partial charge in [-0.3, -0.25) is 14.0 Å². The topological polar surface area (TPSA) is 79.0 Å². The summed E-state index contributed by atoms with van der Waals surface area (Å²) in [5.74, 6) is -1.21. The third-order valence-corrected chi connectivity index (χ3v) is 6.37. The summed E-state index contributed by atoms with van der Waals surface area (Å²) in [7, 11) is -3.87. The number of hydrogen-bond donors (Lipinski definition) is 1. The molecule has 1 N–H and O–H groups in total. The minimum absolute atomic E-state index is 0.153. The zero-order chi connectivity index (χ0) is 22.4. The molecule has 1 atom stereocenters. The molecule has 168 valence electrons. The van der Waals surface area contributed by atoms with Gasteiger partial charge in [0.25, 0.3) is 0 Å². The molecule has 7 nitrogen and oxygen atoms in total. The molecule has 1 fully saturated rings. The van der Waals surface area contributed by atoms with Crippen molar-refractivity contribution in [2.75, 3.05) is 36.9 Å². The van der Waals surface area contributed by atoms with Gasteiger partial charge in [-0.2, -0.15) is 0 Å². The highest BCUT2D eigenvalue weighted by Crippen LogP contribution is 2.24. The molecule has 1 amide bonds. The van der Waals surface area contributed by atoms with Crippen LogP contribution >= 0.6 is 0 Å². The summed E-state index contributed by atoms with van der Waals surface area (Å²) in [6.07, 6.45) is 0.957. The van der Waals surface area contributed by atoms with E-state index in [2.05, 4.69) is 10.2 Å². The normalized spacial score (nSPS) is 16.0. The van der Waals surface area contributed by atoms with Crippen LogP contribution in [0.15, 0.2) is 48.5 Å². The van der Waals surface area contributed by atoms with Crippen molar-refractivity contribution in [1.82, 2.24) is 10.2 Å². The number of anilines is 1. The third kappa shape index (κ3) is 6.25. The first kappa shape index (κ1) is 23.2. The molecule has 2 aromatic carbocycles. The minimum Gasteiger partial charge on any atom is -0.379 e. The summed E-state index contributed by atoms with van der Waals surface area (Å²) in [5, 5.41) is 2.77. The average molecular weight is 450 g/mol. The van der Waals surface area contributed by atoms with Gasteiger partial charge >= 0.3 is 0 Å². The number of carbonyl (C=O) groups excluding carboxylic acids is 1. The summed E-state index contributed by atoms with van der Waals surface area (Å²) in [6, 6.07) is 12.3. The van der Waals surface area contributed by atoms with Crippen molar-refractivity contribution in [3.8, 4) is 0 Å². The van der Waals surface area contributed by atoms with E-state index in [0.29, 0.717) is 0 Å². The largest absolute Gasteiger partial charge is 0.379 e. The number of nitrogens with one attached hydrogen (secondary N) is 1. The lowest BCUT2D eigenvalue weighted by Crippen LogP contribution is -2.48. The van der Waals surface area contributed by atoms with Crippen molar-refractivity contribution in [3.05, 3.63) is 65.5 Å². The van der Waals surface area contributed by atoms with Crippen LogP contribution in [0.3, 0.4) is 0 Å². The molecule has 9 heteroatoms. The molecule has 1 aliphatic heterocycles. The second kappa shape index (κ2) is 10.2. The number of para-hydroxylation sites is 1. The Bertz CT molecular complexity index is 1010. The standard InChI is InChI=1S/C22H28FN3O4S/c1-17(26(31(2,28)29)21-9-4-3-8-20(21)23)22(27)24-15-18-6-5-7-19(14-18)16-25-10-12-30-13-11-25/h3-9,14,17H,10-13,15-16H2,1-2H3,(H,24,27)/t17-/m0/s1. The molecule has 0 spiro atoms. The number of morpholine rings is 1. The SMILES string of the molecule is C[C@@H](C(=O)NCc1cccc(CN2CCOCC2)c1)N(c1ccccc1F)S(C)(=O)=O. The predicted octanol–water partition coefficient (Wildman–Crippen LogP) is 2.13. The van der Waals surface area contributed by atoms with Crippen LogP contribution in [-0.4, -0.2) is 57.8 Å². The molecule has 0 saturated carbocycles. The highest BCUT2D eigenvalue weighted by molar-refractivity contribution is 7.92. The lowest BCUT2D eigenvalue weighted by molar-refractivity contribution is -0.122. The van der Waals surface area contributed by atoms with Crippen LogP contribution < -0.4 is 9.62 Å².